The Morgan fingerprint density at radius 3 is 2.38 bits per heavy atom. The molecule has 2 N–H and O–H groups in total. The number of rotatable bonds is 5. The lowest BCUT2D eigenvalue weighted by Gasteiger charge is -2.14. The lowest BCUT2D eigenvalue weighted by Crippen LogP contribution is -2.08. The number of hydrogen-bond acceptors (Lipinski definition) is 3. The first kappa shape index (κ1) is 16.0. The first-order valence-corrected chi connectivity index (χ1v) is 7.92. The van der Waals surface area contributed by atoms with Crippen LogP contribution in [0.3, 0.4) is 0 Å². The van der Waals surface area contributed by atoms with Crippen LogP contribution in [0.25, 0.3) is 0 Å². The molecule has 0 radical (unpaired) electrons. The largest absolute Gasteiger partial charge is 0.487 e. The van der Waals surface area contributed by atoms with E-state index in [4.69, 9.17) is 10.5 Å². The molecular weight excluding hydrogens is 330 g/mol. The van der Waals surface area contributed by atoms with Crippen LogP contribution in [0.15, 0.2) is 16.6 Å². The van der Waals surface area contributed by atoms with E-state index in [1.807, 2.05) is 11.6 Å². The maximum absolute atomic E-state index is 6.06. The Labute approximate surface area is 134 Å². The SMILES string of the molecule is CCn1nc(C)c(Br)c1COc1c(C)cc(CN)cc1C. The minimum atomic E-state index is 0.499. The van der Waals surface area contributed by atoms with Gasteiger partial charge < -0.3 is 10.5 Å². The van der Waals surface area contributed by atoms with Crippen molar-refractivity contribution in [3.63, 3.8) is 0 Å². The van der Waals surface area contributed by atoms with Crippen LogP contribution in [0, 0.1) is 20.8 Å². The van der Waals surface area contributed by atoms with Gasteiger partial charge in [0.2, 0.25) is 0 Å². The molecule has 0 fully saturated rings. The van der Waals surface area contributed by atoms with Gasteiger partial charge in [-0.2, -0.15) is 5.10 Å². The number of nitrogens with two attached hydrogens (primary N) is 1. The smallest absolute Gasteiger partial charge is 0.131 e. The van der Waals surface area contributed by atoms with Gasteiger partial charge >= 0.3 is 0 Å². The second kappa shape index (κ2) is 6.62. The minimum Gasteiger partial charge on any atom is -0.487 e. The number of nitrogens with zero attached hydrogens (tertiary/aromatic N) is 2. The topological polar surface area (TPSA) is 53.1 Å². The van der Waals surface area contributed by atoms with Crippen LogP contribution in [0.5, 0.6) is 5.75 Å². The molecule has 0 aliphatic heterocycles. The summed E-state index contributed by atoms with van der Waals surface area (Å²) in [5, 5.41) is 4.49. The molecule has 2 aromatic rings. The van der Waals surface area contributed by atoms with E-state index in [0.29, 0.717) is 13.2 Å². The first-order valence-electron chi connectivity index (χ1n) is 7.12. The predicted octanol–water partition coefficient (Wildman–Crippen LogP) is 3.63. The molecule has 0 aliphatic rings. The molecule has 0 saturated heterocycles. The third kappa shape index (κ3) is 3.30. The van der Waals surface area contributed by atoms with E-state index in [1.54, 1.807) is 0 Å². The van der Waals surface area contributed by atoms with E-state index in [1.165, 1.54) is 0 Å². The molecule has 0 aliphatic carbocycles. The Balaban J connectivity index is 2.25. The lowest BCUT2D eigenvalue weighted by atomic mass is 10.1. The third-order valence-electron chi connectivity index (χ3n) is 3.56. The molecule has 5 heteroatoms. The van der Waals surface area contributed by atoms with Gasteiger partial charge in [0.15, 0.2) is 0 Å². The average molecular weight is 352 g/mol. The number of halogens is 1. The molecule has 4 nitrogen and oxygen atoms in total. The van der Waals surface area contributed by atoms with Crippen LogP contribution < -0.4 is 10.5 Å². The highest BCUT2D eigenvalue weighted by Crippen LogP contribution is 2.28. The molecule has 0 saturated carbocycles. The highest BCUT2D eigenvalue weighted by Gasteiger charge is 2.14. The summed E-state index contributed by atoms with van der Waals surface area (Å²) in [6, 6.07) is 4.17. The zero-order valence-electron chi connectivity index (χ0n) is 13.0. The fourth-order valence-electron chi connectivity index (χ4n) is 2.53. The number of benzene rings is 1. The van der Waals surface area contributed by atoms with Crippen molar-refractivity contribution in [3.05, 3.63) is 44.7 Å². The summed E-state index contributed by atoms with van der Waals surface area (Å²) in [6.07, 6.45) is 0. The molecule has 0 atom stereocenters. The molecule has 2 rings (SSSR count). The molecule has 114 valence electrons. The Kier molecular flexibility index (Phi) is 5.06. The average Bonchev–Trinajstić information content (AvgIpc) is 2.73. The zero-order chi connectivity index (χ0) is 15.6. The van der Waals surface area contributed by atoms with Crippen molar-refractivity contribution in [2.75, 3.05) is 0 Å². The molecule has 0 spiro atoms. The van der Waals surface area contributed by atoms with Gasteiger partial charge in [-0.15, -0.1) is 0 Å². The van der Waals surface area contributed by atoms with Crippen LogP contribution in [0.4, 0.5) is 0 Å². The van der Waals surface area contributed by atoms with E-state index in [9.17, 15) is 0 Å². The lowest BCUT2D eigenvalue weighted by molar-refractivity contribution is 0.287. The molecular formula is C16H22BrN3O. The standard InChI is InChI=1S/C16H22BrN3O/c1-5-20-14(15(17)12(4)19-20)9-21-16-10(2)6-13(8-18)7-11(16)3/h6-7H,5,8-9,18H2,1-4H3. The third-order valence-corrected chi connectivity index (χ3v) is 4.59. The van der Waals surface area contributed by atoms with Crippen LogP contribution in [0.2, 0.25) is 0 Å². The van der Waals surface area contributed by atoms with Crippen LogP contribution in [0.1, 0.15) is 35.0 Å². The second-order valence-electron chi connectivity index (χ2n) is 5.21. The molecule has 1 heterocycles. The number of hydrogen-bond donors (Lipinski definition) is 1. The van der Waals surface area contributed by atoms with Gasteiger partial charge in [0.05, 0.1) is 15.9 Å². The van der Waals surface area contributed by atoms with Crippen molar-refractivity contribution < 1.29 is 4.74 Å². The van der Waals surface area contributed by atoms with E-state index < -0.39 is 0 Å². The van der Waals surface area contributed by atoms with Crippen molar-refractivity contribution >= 4 is 15.9 Å². The highest BCUT2D eigenvalue weighted by atomic mass is 79.9. The van der Waals surface area contributed by atoms with Crippen molar-refractivity contribution in [2.24, 2.45) is 5.73 Å². The van der Waals surface area contributed by atoms with Crippen LogP contribution in [-0.2, 0) is 19.7 Å². The van der Waals surface area contributed by atoms with E-state index in [2.05, 4.69) is 53.9 Å². The van der Waals surface area contributed by atoms with Crippen LogP contribution in [-0.4, -0.2) is 9.78 Å². The first-order chi connectivity index (χ1) is 9.97. The highest BCUT2D eigenvalue weighted by molar-refractivity contribution is 9.10. The Bertz CT molecular complexity index is 626. The maximum atomic E-state index is 6.06. The van der Waals surface area contributed by atoms with Gasteiger partial charge in [-0.3, -0.25) is 4.68 Å². The monoisotopic (exact) mass is 351 g/mol. The van der Waals surface area contributed by atoms with Crippen molar-refractivity contribution in [1.29, 1.82) is 0 Å². The normalized spacial score (nSPS) is 11.0. The molecule has 1 aromatic carbocycles. The Morgan fingerprint density at radius 1 is 1.24 bits per heavy atom. The van der Waals surface area contributed by atoms with Crippen molar-refractivity contribution in [1.82, 2.24) is 9.78 Å². The molecule has 0 amide bonds. The van der Waals surface area contributed by atoms with Crippen molar-refractivity contribution in [3.8, 4) is 5.75 Å². The summed E-state index contributed by atoms with van der Waals surface area (Å²) < 4.78 is 9.05. The van der Waals surface area contributed by atoms with Gasteiger partial charge in [-0.1, -0.05) is 12.1 Å². The number of aryl methyl sites for hydroxylation is 4. The zero-order valence-corrected chi connectivity index (χ0v) is 14.6. The van der Waals surface area contributed by atoms with Gasteiger partial charge in [0.25, 0.3) is 0 Å². The molecule has 1 aromatic heterocycles. The van der Waals surface area contributed by atoms with E-state index in [0.717, 1.165) is 44.8 Å². The quantitative estimate of drug-likeness (QED) is 0.894. The van der Waals surface area contributed by atoms with Gasteiger partial charge in [-0.05, 0) is 60.3 Å². The number of ether oxygens (including phenoxy) is 1. The molecule has 21 heavy (non-hydrogen) atoms. The second-order valence-corrected chi connectivity index (χ2v) is 6.01. The summed E-state index contributed by atoms with van der Waals surface area (Å²) in [6.45, 7) is 10.1. The van der Waals surface area contributed by atoms with E-state index in [-0.39, 0.29) is 0 Å². The molecule has 0 bridgehead atoms. The van der Waals surface area contributed by atoms with Crippen molar-refractivity contribution in [2.45, 2.75) is 47.4 Å². The Morgan fingerprint density at radius 2 is 1.86 bits per heavy atom. The summed E-state index contributed by atoms with van der Waals surface area (Å²) in [7, 11) is 0. The Hall–Kier alpha value is -1.33. The maximum Gasteiger partial charge on any atom is 0.131 e. The summed E-state index contributed by atoms with van der Waals surface area (Å²) in [5.74, 6) is 0.931. The van der Waals surface area contributed by atoms with Gasteiger partial charge in [-0.25, -0.2) is 0 Å². The van der Waals surface area contributed by atoms with Gasteiger partial charge in [0, 0.05) is 13.1 Å². The fraction of sp³-hybridized carbons (Fsp3) is 0.438. The fourth-order valence-corrected chi connectivity index (χ4v) is 2.93. The summed E-state index contributed by atoms with van der Waals surface area (Å²) in [5.41, 5.74) is 11.1. The number of aromatic nitrogens is 2. The summed E-state index contributed by atoms with van der Waals surface area (Å²) in [4.78, 5) is 0. The van der Waals surface area contributed by atoms with Crippen LogP contribution >= 0.6 is 15.9 Å². The van der Waals surface area contributed by atoms with Gasteiger partial charge in [0.1, 0.15) is 12.4 Å². The minimum absolute atomic E-state index is 0.499. The predicted molar refractivity (Wildman–Crippen MR) is 88.5 cm³/mol. The van der Waals surface area contributed by atoms with E-state index >= 15 is 0 Å². The molecule has 0 unspecified atom stereocenters. The summed E-state index contributed by atoms with van der Waals surface area (Å²) >= 11 is 3.60.